The van der Waals surface area contributed by atoms with Crippen molar-refractivity contribution in [2.45, 2.75) is 0 Å². The largest absolute Gasteiger partial charge is 0.457 e. The van der Waals surface area contributed by atoms with Crippen molar-refractivity contribution in [2.75, 3.05) is 0 Å². The van der Waals surface area contributed by atoms with E-state index in [2.05, 4.69) is 58.7 Å². The van der Waals surface area contributed by atoms with E-state index in [1.807, 2.05) is 60.8 Å². The lowest BCUT2D eigenvalue weighted by atomic mass is 10.0. The van der Waals surface area contributed by atoms with Crippen LogP contribution in [0.2, 0.25) is 0 Å². The number of rotatable bonds is 4. The lowest BCUT2D eigenvalue weighted by Crippen LogP contribution is -1.91. The maximum absolute atomic E-state index is 5.94. The second-order valence-electron chi connectivity index (χ2n) is 7.69. The second kappa shape index (κ2) is 7.67. The Labute approximate surface area is 185 Å². The first kappa shape index (κ1) is 18.3. The first-order valence-electron chi connectivity index (χ1n) is 10.5. The van der Waals surface area contributed by atoms with Crippen LogP contribution in [0, 0.1) is 0 Å². The molecule has 0 bridgehead atoms. The Morgan fingerprint density at radius 2 is 1.34 bits per heavy atom. The number of H-pyrrole nitrogens is 1. The van der Waals surface area contributed by atoms with Crippen molar-refractivity contribution >= 4 is 21.7 Å². The van der Waals surface area contributed by atoms with Crippen molar-refractivity contribution in [3.05, 3.63) is 109 Å². The molecule has 0 unspecified atom stereocenters. The molecule has 0 amide bonds. The lowest BCUT2D eigenvalue weighted by molar-refractivity contribution is 0.483. The molecule has 2 heterocycles. The summed E-state index contributed by atoms with van der Waals surface area (Å²) in [5.41, 5.74) is 4.85. The number of hydrogen-bond acceptors (Lipinski definition) is 3. The van der Waals surface area contributed by atoms with Gasteiger partial charge in [-0.15, -0.1) is 0 Å². The molecule has 32 heavy (non-hydrogen) atoms. The zero-order valence-electron chi connectivity index (χ0n) is 17.2. The third-order valence-corrected chi connectivity index (χ3v) is 5.59. The SMILES string of the molecule is c1ccc(Oc2ccc(-c3nc(-c4ccc5ccccc5c4)cc4[nH]ncc34)cc2)cc1. The van der Waals surface area contributed by atoms with Gasteiger partial charge in [0.05, 0.1) is 23.1 Å². The third-order valence-electron chi connectivity index (χ3n) is 5.59. The molecule has 1 N–H and O–H groups in total. The van der Waals surface area contributed by atoms with Crippen LogP contribution in [-0.2, 0) is 0 Å². The van der Waals surface area contributed by atoms with Crippen LogP contribution in [0.4, 0.5) is 0 Å². The molecule has 2 aromatic heterocycles. The van der Waals surface area contributed by atoms with Gasteiger partial charge < -0.3 is 4.74 Å². The van der Waals surface area contributed by atoms with E-state index >= 15 is 0 Å². The molecule has 4 nitrogen and oxygen atoms in total. The number of pyridine rings is 1. The van der Waals surface area contributed by atoms with Gasteiger partial charge in [-0.2, -0.15) is 5.10 Å². The summed E-state index contributed by atoms with van der Waals surface area (Å²) in [5, 5.41) is 10.8. The highest BCUT2D eigenvalue weighted by Crippen LogP contribution is 2.32. The number of benzene rings is 4. The zero-order chi connectivity index (χ0) is 21.3. The molecule has 0 saturated heterocycles. The highest BCUT2D eigenvalue weighted by Gasteiger charge is 2.12. The van der Waals surface area contributed by atoms with Crippen molar-refractivity contribution in [1.82, 2.24) is 15.2 Å². The number of aromatic amines is 1. The zero-order valence-corrected chi connectivity index (χ0v) is 17.2. The van der Waals surface area contributed by atoms with Gasteiger partial charge in [0.15, 0.2) is 0 Å². The monoisotopic (exact) mass is 413 g/mol. The number of hydrogen-bond donors (Lipinski definition) is 1. The van der Waals surface area contributed by atoms with E-state index in [1.54, 1.807) is 0 Å². The summed E-state index contributed by atoms with van der Waals surface area (Å²) < 4.78 is 5.94. The van der Waals surface area contributed by atoms with E-state index in [9.17, 15) is 0 Å². The Morgan fingerprint density at radius 3 is 2.19 bits per heavy atom. The summed E-state index contributed by atoms with van der Waals surface area (Å²) in [5.74, 6) is 1.60. The predicted molar refractivity (Wildman–Crippen MR) is 129 cm³/mol. The van der Waals surface area contributed by atoms with Gasteiger partial charge >= 0.3 is 0 Å². The molecule has 0 spiro atoms. The van der Waals surface area contributed by atoms with Gasteiger partial charge in [0.1, 0.15) is 11.5 Å². The fraction of sp³-hybridized carbons (Fsp3) is 0. The first-order chi connectivity index (χ1) is 15.8. The highest BCUT2D eigenvalue weighted by molar-refractivity contribution is 5.95. The lowest BCUT2D eigenvalue weighted by Gasteiger charge is -2.10. The molecule has 0 aliphatic rings. The van der Waals surface area contributed by atoms with Crippen LogP contribution < -0.4 is 4.74 Å². The topological polar surface area (TPSA) is 50.8 Å². The Kier molecular flexibility index (Phi) is 4.40. The molecule has 0 fully saturated rings. The molecule has 0 saturated carbocycles. The third kappa shape index (κ3) is 3.38. The standard InChI is InChI=1S/C28H19N3O/c1-2-8-23(9-3-1)32-24-14-12-20(13-15-24)28-25-18-29-31-27(25)17-26(30-28)22-11-10-19-6-4-5-7-21(19)16-22/h1-18H,(H,29,31). The minimum absolute atomic E-state index is 0.786. The van der Waals surface area contributed by atoms with E-state index in [-0.39, 0.29) is 0 Å². The Balaban J connectivity index is 1.41. The van der Waals surface area contributed by atoms with Crippen LogP contribution in [0.15, 0.2) is 109 Å². The summed E-state index contributed by atoms with van der Waals surface area (Å²) in [6, 6.07) is 34.6. The number of ether oxygens (including phenoxy) is 1. The molecule has 152 valence electrons. The predicted octanol–water partition coefficient (Wildman–Crippen LogP) is 7.24. The van der Waals surface area contributed by atoms with Crippen LogP contribution in [0.3, 0.4) is 0 Å². The molecule has 0 aliphatic carbocycles. The Bertz CT molecular complexity index is 1540. The van der Waals surface area contributed by atoms with E-state index in [4.69, 9.17) is 9.72 Å². The second-order valence-corrected chi connectivity index (χ2v) is 7.69. The minimum atomic E-state index is 0.786. The summed E-state index contributed by atoms with van der Waals surface area (Å²) in [6.07, 6.45) is 1.83. The van der Waals surface area contributed by atoms with Crippen LogP contribution >= 0.6 is 0 Å². The van der Waals surface area contributed by atoms with Crippen molar-refractivity contribution in [2.24, 2.45) is 0 Å². The first-order valence-corrected chi connectivity index (χ1v) is 10.5. The van der Waals surface area contributed by atoms with Gasteiger partial charge in [0.2, 0.25) is 0 Å². The molecule has 6 aromatic rings. The van der Waals surface area contributed by atoms with E-state index in [0.717, 1.165) is 44.9 Å². The van der Waals surface area contributed by atoms with Crippen molar-refractivity contribution in [3.8, 4) is 34.0 Å². The molecular weight excluding hydrogens is 394 g/mol. The maximum atomic E-state index is 5.94. The normalized spacial score (nSPS) is 11.1. The van der Waals surface area contributed by atoms with Crippen molar-refractivity contribution in [1.29, 1.82) is 0 Å². The molecule has 0 atom stereocenters. The molecule has 0 radical (unpaired) electrons. The van der Waals surface area contributed by atoms with E-state index < -0.39 is 0 Å². The molecule has 4 aromatic carbocycles. The van der Waals surface area contributed by atoms with Gasteiger partial charge in [-0.1, -0.05) is 54.6 Å². The number of para-hydroxylation sites is 1. The average molecular weight is 413 g/mol. The van der Waals surface area contributed by atoms with Gasteiger partial charge in [-0.3, -0.25) is 5.10 Å². The summed E-state index contributed by atoms with van der Waals surface area (Å²) in [4.78, 5) is 5.03. The number of fused-ring (bicyclic) bond motifs is 2. The molecule has 4 heteroatoms. The Hall–Kier alpha value is -4.44. The summed E-state index contributed by atoms with van der Waals surface area (Å²) in [7, 11) is 0. The van der Waals surface area contributed by atoms with Gasteiger partial charge in [-0.05, 0) is 59.3 Å². The van der Waals surface area contributed by atoms with Crippen LogP contribution in [0.1, 0.15) is 0 Å². The molecular formula is C28H19N3O. The number of nitrogens with zero attached hydrogens (tertiary/aromatic N) is 2. The van der Waals surface area contributed by atoms with Crippen LogP contribution in [0.5, 0.6) is 11.5 Å². The van der Waals surface area contributed by atoms with Crippen LogP contribution in [0.25, 0.3) is 44.2 Å². The summed E-state index contributed by atoms with van der Waals surface area (Å²) >= 11 is 0. The number of nitrogens with one attached hydrogen (secondary N) is 1. The smallest absolute Gasteiger partial charge is 0.127 e. The summed E-state index contributed by atoms with van der Waals surface area (Å²) in [6.45, 7) is 0. The fourth-order valence-electron chi connectivity index (χ4n) is 3.97. The van der Waals surface area contributed by atoms with Gasteiger partial charge in [0.25, 0.3) is 0 Å². The molecule has 6 rings (SSSR count). The van der Waals surface area contributed by atoms with E-state index in [0.29, 0.717) is 0 Å². The molecule has 0 aliphatic heterocycles. The quantitative estimate of drug-likeness (QED) is 0.331. The Morgan fingerprint density at radius 1 is 0.625 bits per heavy atom. The van der Waals surface area contributed by atoms with Crippen LogP contribution in [-0.4, -0.2) is 15.2 Å². The highest BCUT2D eigenvalue weighted by atomic mass is 16.5. The number of aromatic nitrogens is 3. The average Bonchev–Trinajstić information content (AvgIpc) is 3.33. The van der Waals surface area contributed by atoms with Crippen molar-refractivity contribution in [3.63, 3.8) is 0 Å². The van der Waals surface area contributed by atoms with Gasteiger partial charge in [-0.25, -0.2) is 4.98 Å². The maximum Gasteiger partial charge on any atom is 0.127 e. The van der Waals surface area contributed by atoms with Crippen molar-refractivity contribution < 1.29 is 4.74 Å². The fourth-order valence-corrected chi connectivity index (χ4v) is 3.97. The van der Waals surface area contributed by atoms with Gasteiger partial charge in [0, 0.05) is 16.5 Å². The van der Waals surface area contributed by atoms with E-state index in [1.165, 1.54) is 10.8 Å². The minimum Gasteiger partial charge on any atom is -0.457 e.